The molecular formula is C27H37N5. The lowest BCUT2D eigenvalue weighted by Gasteiger charge is -2.25. The maximum atomic E-state index is 7.81. The first-order chi connectivity index (χ1) is 15.4. The number of aliphatic imine (C=N–C) groups is 1. The van der Waals surface area contributed by atoms with Crippen molar-refractivity contribution in [2.75, 3.05) is 18.4 Å². The number of likely N-dealkylation sites (tertiary alicyclic amines) is 1. The zero-order valence-corrected chi connectivity index (χ0v) is 20.0. The minimum atomic E-state index is -0.0662. The largest absolute Gasteiger partial charge is 0.378 e. The number of hydrogen-bond donors (Lipinski definition) is 2. The molecule has 170 valence electrons. The Bertz CT molecular complexity index is 967. The SMILES string of the molecule is CC#C[C@]1(c2cc(NC3C=C(N4CCCC4)N=CC3)c(C=N)cn2)CC12CC2.CC(C)C. The van der Waals surface area contributed by atoms with E-state index in [9.17, 15) is 0 Å². The van der Waals surface area contributed by atoms with Crippen LogP contribution in [0.4, 0.5) is 5.69 Å². The topological polar surface area (TPSA) is 64.4 Å². The first kappa shape index (κ1) is 22.6. The number of rotatable bonds is 5. The Morgan fingerprint density at radius 2 is 1.97 bits per heavy atom. The van der Waals surface area contributed by atoms with E-state index in [1.807, 2.05) is 19.3 Å². The van der Waals surface area contributed by atoms with E-state index in [0.717, 1.165) is 54.6 Å². The highest BCUT2D eigenvalue weighted by Gasteiger charge is 2.75. The highest BCUT2D eigenvalue weighted by atomic mass is 15.2. The van der Waals surface area contributed by atoms with Crippen LogP contribution in [-0.4, -0.2) is 41.4 Å². The maximum absolute atomic E-state index is 7.81. The first-order valence-corrected chi connectivity index (χ1v) is 12.1. The average Bonchev–Trinajstić information content (AvgIpc) is 3.59. The molecular weight excluding hydrogens is 394 g/mol. The summed E-state index contributed by atoms with van der Waals surface area (Å²) < 4.78 is 0. The van der Waals surface area contributed by atoms with Crippen LogP contribution in [0.3, 0.4) is 0 Å². The van der Waals surface area contributed by atoms with E-state index in [1.165, 1.54) is 31.9 Å². The molecule has 0 aromatic carbocycles. The van der Waals surface area contributed by atoms with Gasteiger partial charge in [0.1, 0.15) is 5.82 Å². The van der Waals surface area contributed by atoms with Gasteiger partial charge in [-0.2, -0.15) is 0 Å². The third kappa shape index (κ3) is 4.46. The van der Waals surface area contributed by atoms with E-state index in [2.05, 4.69) is 60.0 Å². The average molecular weight is 432 g/mol. The van der Waals surface area contributed by atoms with E-state index in [-0.39, 0.29) is 11.5 Å². The van der Waals surface area contributed by atoms with Crippen LogP contribution in [-0.2, 0) is 5.41 Å². The molecule has 2 atom stereocenters. The molecule has 2 saturated carbocycles. The number of nitrogens with one attached hydrogen (secondary N) is 2. The van der Waals surface area contributed by atoms with Crippen LogP contribution in [0.5, 0.6) is 0 Å². The molecule has 1 aromatic rings. The summed E-state index contributed by atoms with van der Waals surface area (Å²) in [5.74, 6) is 8.54. The smallest absolute Gasteiger partial charge is 0.126 e. The summed E-state index contributed by atoms with van der Waals surface area (Å²) in [5.41, 5.74) is 3.20. The predicted molar refractivity (Wildman–Crippen MR) is 133 cm³/mol. The van der Waals surface area contributed by atoms with E-state index < -0.39 is 0 Å². The predicted octanol–water partition coefficient (Wildman–Crippen LogP) is 5.38. The monoisotopic (exact) mass is 431 g/mol. The van der Waals surface area contributed by atoms with Crippen molar-refractivity contribution in [3.8, 4) is 11.8 Å². The molecule has 2 N–H and O–H groups in total. The van der Waals surface area contributed by atoms with Gasteiger partial charge in [-0.3, -0.25) is 4.98 Å². The lowest BCUT2D eigenvalue weighted by atomic mass is 9.96. The van der Waals surface area contributed by atoms with Gasteiger partial charge in [0, 0.05) is 49.4 Å². The van der Waals surface area contributed by atoms with Crippen molar-refractivity contribution >= 4 is 18.1 Å². The lowest BCUT2D eigenvalue weighted by molar-refractivity contribution is 0.417. The molecule has 1 saturated heterocycles. The quantitative estimate of drug-likeness (QED) is 0.486. The summed E-state index contributed by atoms with van der Waals surface area (Å²) in [7, 11) is 0. The molecule has 1 unspecified atom stereocenters. The van der Waals surface area contributed by atoms with Gasteiger partial charge in [0.2, 0.25) is 0 Å². The van der Waals surface area contributed by atoms with Crippen LogP contribution in [0.15, 0.2) is 29.2 Å². The Balaban J connectivity index is 0.000000567. The van der Waals surface area contributed by atoms with Crippen molar-refractivity contribution in [1.29, 1.82) is 5.41 Å². The maximum Gasteiger partial charge on any atom is 0.126 e. The van der Waals surface area contributed by atoms with Crippen molar-refractivity contribution in [1.82, 2.24) is 9.88 Å². The van der Waals surface area contributed by atoms with Gasteiger partial charge >= 0.3 is 0 Å². The second-order valence-electron chi connectivity index (χ2n) is 10.3. The summed E-state index contributed by atoms with van der Waals surface area (Å²) in [4.78, 5) is 11.7. The standard InChI is InChI=1S/C23H27N5.C4H10/c1-2-6-23(16-22(23)7-8-22)20-13-19(17(14-24)15-26-20)27-18-5-9-25-21(12-18)28-10-3-4-11-28;1-4(2)3/h9,12-15,18,24H,3-5,7-8,10-11,16H2,1H3,(H,26,27);4H,1-3H3/t18?,23-;/m1./s1. The van der Waals surface area contributed by atoms with Crippen LogP contribution in [0.25, 0.3) is 0 Å². The van der Waals surface area contributed by atoms with Gasteiger partial charge in [-0.15, -0.1) is 5.92 Å². The number of hydrogen-bond acceptors (Lipinski definition) is 5. The molecule has 0 bridgehead atoms. The molecule has 2 aliphatic carbocycles. The molecule has 4 aliphatic rings. The zero-order valence-electron chi connectivity index (χ0n) is 20.0. The summed E-state index contributed by atoms with van der Waals surface area (Å²) in [6.45, 7) is 10.6. The first-order valence-electron chi connectivity index (χ1n) is 12.1. The van der Waals surface area contributed by atoms with Crippen molar-refractivity contribution in [2.24, 2.45) is 16.3 Å². The molecule has 5 heteroatoms. The van der Waals surface area contributed by atoms with Crippen LogP contribution in [0, 0.1) is 28.6 Å². The Labute approximate surface area is 193 Å². The number of aromatic nitrogens is 1. The van der Waals surface area contributed by atoms with Gasteiger partial charge in [-0.25, -0.2) is 4.99 Å². The van der Waals surface area contributed by atoms with E-state index in [0.29, 0.717) is 5.41 Å². The van der Waals surface area contributed by atoms with Gasteiger partial charge < -0.3 is 15.6 Å². The highest BCUT2D eigenvalue weighted by Crippen LogP contribution is 2.78. The third-order valence-electron chi connectivity index (χ3n) is 6.81. The summed E-state index contributed by atoms with van der Waals surface area (Å²) in [6, 6.07) is 2.33. The van der Waals surface area contributed by atoms with Crippen molar-refractivity contribution in [2.45, 2.75) is 77.7 Å². The lowest BCUT2D eigenvalue weighted by Crippen LogP contribution is -2.26. The van der Waals surface area contributed by atoms with Crippen molar-refractivity contribution in [3.63, 3.8) is 0 Å². The van der Waals surface area contributed by atoms with Crippen LogP contribution < -0.4 is 5.32 Å². The van der Waals surface area contributed by atoms with E-state index in [4.69, 9.17) is 10.4 Å². The fourth-order valence-electron chi connectivity index (χ4n) is 4.96. The fourth-order valence-corrected chi connectivity index (χ4v) is 4.96. The highest BCUT2D eigenvalue weighted by molar-refractivity contribution is 5.86. The van der Waals surface area contributed by atoms with Crippen LogP contribution >= 0.6 is 0 Å². The van der Waals surface area contributed by atoms with Crippen molar-refractivity contribution < 1.29 is 0 Å². The van der Waals surface area contributed by atoms with Gasteiger partial charge in [-0.1, -0.05) is 26.7 Å². The molecule has 2 aliphatic heterocycles. The molecule has 5 nitrogen and oxygen atoms in total. The normalized spacial score (nSPS) is 26.6. The summed E-state index contributed by atoms with van der Waals surface area (Å²) in [6.07, 6.45) is 14.5. The number of anilines is 1. The number of pyridine rings is 1. The Morgan fingerprint density at radius 3 is 2.56 bits per heavy atom. The Hall–Kier alpha value is -2.61. The molecule has 3 heterocycles. The summed E-state index contributed by atoms with van der Waals surface area (Å²) in [5, 5.41) is 11.5. The van der Waals surface area contributed by atoms with Gasteiger partial charge in [0.05, 0.1) is 17.2 Å². The second-order valence-corrected chi connectivity index (χ2v) is 10.3. The van der Waals surface area contributed by atoms with Gasteiger partial charge in [0.15, 0.2) is 0 Å². The van der Waals surface area contributed by atoms with Crippen LogP contribution in [0.1, 0.15) is 77.5 Å². The molecule has 0 radical (unpaired) electrons. The minimum Gasteiger partial charge on any atom is -0.378 e. The van der Waals surface area contributed by atoms with E-state index in [1.54, 1.807) is 0 Å². The molecule has 3 fully saturated rings. The molecule has 5 rings (SSSR count). The minimum absolute atomic E-state index is 0.0662. The number of nitrogens with zero attached hydrogens (tertiary/aromatic N) is 3. The Morgan fingerprint density at radius 1 is 1.25 bits per heavy atom. The second kappa shape index (κ2) is 9.10. The molecule has 1 spiro atoms. The molecule has 1 aromatic heterocycles. The zero-order chi connectivity index (χ0) is 22.8. The van der Waals surface area contributed by atoms with E-state index >= 15 is 0 Å². The van der Waals surface area contributed by atoms with Crippen molar-refractivity contribution in [3.05, 3.63) is 35.4 Å². The van der Waals surface area contributed by atoms with Gasteiger partial charge in [0.25, 0.3) is 0 Å². The Kier molecular flexibility index (Phi) is 6.42. The molecule has 0 amide bonds. The third-order valence-corrected chi connectivity index (χ3v) is 6.81. The van der Waals surface area contributed by atoms with Gasteiger partial charge in [-0.05, 0) is 62.5 Å². The summed E-state index contributed by atoms with van der Waals surface area (Å²) >= 11 is 0. The molecule has 32 heavy (non-hydrogen) atoms. The fraction of sp³-hybridized carbons (Fsp3) is 0.593. The van der Waals surface area contributed by atoms with Crippen LogP contribution in [0.2, 0.25) is 0 Å².